The van der Waals surface area contributed by atoms with Crippen LogP contribution >= 0.6 is 0 Å². The Balaban J connectivity index is 0.0000116. The molecule has 0 atom stereocenters. The van der Waals surface area contributed by atoms with Gasteiger partial charge < -0.3 is 35.1 Å². The molecule has 14 nitrogen and oxygen atoms in total. The number of hydrogen-bond donors (Lipinski definition) is 4. The van der Waals surface area contributed by atoms with Gasteiger partial charge in [0.05, 0.1) is 13.1 Å². The van der Waals surface area contributed by atoms with Crippen LogP contribution in [0.3, 0.4) is 0 Å². The SMILES string of the molecule is CCN(CC(=O)O)C(=O)CN1CCN(CC(=O)O)/C=C\N(CC(=O)O)CCN(CC(=O)O)CC1.[Gd]. The number of carboxylic acid groups (broad SMARTS) is 4. The Morgan fingerprint density at radius 3 is 1.43 bits per heavy atom. The summed E-state index contributed by atoms with van der Waals surface area (Å²) in [5, 5.41) is 36.6. The fraction of sp³-hybridized carbons (Fsp3) is 0.650. The number of aliphatic carboxylic acids is 4. The summed E-state index contributed by atoms with van der Waals surface area (Å²) in [5.41, 5.74) is 0. The van der Waals surface area contributed by atoms with Gasteiger partial charge in [-0.25, -0.2) is 0 Å². The maximum Gasteiger partial charge on any atom is 0.323 e. The molecule has 0 fully saturated rings. The van der Waals surface area contributed by atoms with Crippen LogP contribution in [0.15, 0.2) is 12.4 Å². The largest absolute Gasteiger partial charge is 0.480 e. The Morgan fingerprint density at radius 2 is 1.06 bits per heavy atom. The van der Waals surface area contributed by atoms with Crippen molar-refractivity contribution < 1.29 is 84.3 Å². The van der Waals surface area contributed by atoms with Gasteiger partial charge in [-0.15, -0.1) is 0 Å². The third-order valence-electron chi connectivity index (χ3n) is 5.08. The van der Waals surface area contributed by atoms with Gasteiger partial charge in [-0.1, -0.05) is 0 Å². The third kappa shape index (κ3) is 14.8. The average Bonchev–Trinajstić information content (AvgIpc) is 2.72. The molecule has 0 aromatic rings. The zero-order valence-electron chi connectivity index (χ0n) is 19.6. The monoisotopic (exact) mass is 645 g/mol. The zero-order chi connectivity index (χ0) is 25.7. The number of hydrogen-bond acceptors (Lipinski definition) is 9. The summed E-state index contributed by atoms with van der Waals surface area (Å²) < 4.78 is 0. The summed E-state index contributed by atoms with van der Waals surface area (Å²) in [6.07, 6.45) is 2.92. The van der Waals surface area contributed by atoms with E-state index in [1.165, 1.54) is 27.1 Å². The van der Waals surface area contributed by atoms with Gasteiger partial charge in [-0.2, -0.15) is 0 Å². The van der Waals surface area contributed by atoms with E-state index in [0.717, 1.165) is 0 Å². The normalized spacial score (nSPS) is 16.8. The van der Waals surface area contributed by atoms with E-state index < -0.39 is 36.3 Å². The predicted octanol–water partition coefficient (Wildman–Crippen LogP) is -2.13. The molecule has 0 aromatic heterocycles. The first-order valence-corrected chi connectivity index (χ1v) is 10.8. The molecular formula is C20H33GdN5O9. The molecule has 0 spiro atoms. The van der Waals surface area contributed by atoms with Crippen molar-refractivity contribution in [1.29, 1.82) is 0 Å². The Labute approximate surface area is 235 Å². The van der Waals surface area contributed by atoms with Gasteiger partial charge in [0, 0.05) is 98.2 Å². The minimum atomic E-state index is -1.14. The van der Waals surface area contributed by atoms with Crippen molar-refractivity contribution in [1.82, 2.24) is 24.5 Å². The number of carboxylic acids is 4. The Hall–Kier alpha value is -2.07. The van der Waals surface area contributed by atoms with Crippen LogP contribution in [0, 0.1) is 39.9 Å². The summed E-state index contributed by atoms with van der Waals surface area (Å²) in [6.45, 7) is 1.74. The van der Waals surface area contributed by atoms with E-state index in [0.29, 0.717) is 0 Å². The van der Waals surface area contributed by atoms with Gasteiger partial charge in [-0.05, 0) is 6.92 Å². The van der Waals surface area contributed by atoms with Crippen molar-refractivity contribution in [3.63, 3.8) is 0 Å². The average molecular weight is 645 g/mol. The standard InChI is InChI=1S/C20H33N5O9.Gd/c1-2-25(15-20(33)34)16(26)11-21-3-5-22(12-17(27)28)7-9-24(14-19(31)32)10-8-23(6-4-21)13-18(29)30;/h7,9H,2-6,8,10-15H2,1H3,(H,27,28)(H,29,30)(H,31,32)(H,33,34);/b9-7-;. The molecular weight excluding hydrogens is 611 g/mol. The number of rotatable bonds is 11. The molecule has 0 aliphatic carbocycles. The molecule has 1 amide bonds. The summed E-state index contributed by atoms with van der Waals surface area (Å²) >= 11 is 0. The van der Waals surface area contributed by atoms with Crippen molar-refractivity contribution in [2.75, 3.05) is 78.5 Å². The van der Waals surface area contributed by atoms with Gasteiger partial charge >= 0.3 is 23.9 Å². The molecule has 1 heterocycles. The molecule has 15 heteroatoms. The third-order valence-corrected chi connectivity index (χ3v) is 5.08. The van der Waals surface area contributed by atoms with E-state index in [1.807, 2.05) is 0 Å². The molecule has 1 aliphatic rings. The first-order valence-electron chi connectivity index (χ1n) is 10.8. The maximum absolute atomic E-state index is 12.6. The molecule has 1 aliphatic heterocycles. The van der Waals surface area contributed by atoms with Crippen LogP contribution in [-0.4, -0.2) is 153 Å². The second-order valence-electron chi connectivity index (χ2n) is 7.77. The quantitative estimate of drug-likeness (QED) is 0.192. The summed E-state index contributed by atoms with van der Waals surface area (Å²) in [4.78, 5) is 64.9. The number of carbonyl (C=O) groups excluding carboxylic acids is 1. The van der Waals surface area contributed by atoms with Gasteiger partial charge in [0.25, 0.3) is 0 Å². The summed E-state index contributed by atoms with van der Waals surface area (Å²) in [5.74, 6) is -4.77. The van der Waals surface area contributed by atoms with Crippen LogP contribution < -0.4 is 0 Å². The second-order valence-corrected chi connectivity index (χ2v) is 7.77. The molecule has 35 heavy (non-hydrogen) atoms. The van der Waals surface area contributed by atoms with Crippen LogP contribution in [0.2, 0.25) is 0 Å². The van der Waals surface area contributed by atoms with E-state index in [2.05, 4.69) is 0 Å². The molecule has 1 rings (SSSR count). The molecule has 0 aromatic carbocycles. The van der Waals surface area contributed by atoms with E-state index in [-0.39, 0.29) is 112 Å². The molecule has 0 bridgehead atoms. The van der Waals surface area contributed by atoms with Crippen molar-refractivity contribution in [2.24, 2.45) is 0 Å². The number of carbonyl (C=O) groups is 5. The van der Waals surface area contributed by atoms with Crippen LogP contribution in [-0.2, 0) is 24.0 Å². The Kier molecular flexibility index (Phi) is 16.4. The van der Waals surface area contributed by atoms with Crippen LogP contribution in [0.4, 0.5) is 0 Å². The fourth-order valence-corrected chi connectivity index (χ4v) is 3.33. The minimum Gasteiger partial charge on any atom is -0.480 e. The first-order chi connectivity index (χ1) is 16.0. The maximum atomic E-state index is 12.6. The van der Waals surface area contributed by atoms with Crippen LogP contribution in [0.1, 0.15) is 6.92 Å². The van der Waals surface area contributed by atoms with Crippen LogP contribution in [0.25, 0.3) is 0 Å². The summed E-state index contributed by atoms with van der Waals surface area (Å²) in [6, 6.07) is 0. The van der Waals surface area contributed by atoms with Crippen molar-refractivity contribution in [2.45, 2.75) is 6.92 Å². The van der Waals surface area contributed by atoms with E-state index in [1.54, 1.807) is 16.7 Å². The van der Waals surface area contributed by atoms with Gasteiger partial charge in [0.15, 0.2) is 0 Å². The zero-order valence-corrected chi connectivity index (χ0v) is 21.8. The first kappa shape index (κ1) is 32.9. The molecule has 4 N–H and O–H groups in total. The van der Waals surface area contributed by atoms with Gasteiger partial charge in [0.1, 0.15) is 19.6 Å². The molecule has 0 saturated carbocycles. The van der Waals surface area contributed by atoms with E-state index in [9.17, 15) is 34.2 Å². The van der Waals surface area contributed by atoms with Crippen molar-refractivity contribution in [3.05, 3.63) is 12.4 Å². The number of amides is 1. The molecule has 0 saturated heterocycles. The second kappa shape index (κ2) is 17.4. The molecule has 200 valence electrons. The van der Waals surface area contributed by atoms with E-state index in [4.69, 9.17) is 10.2 Å². The number of likely N-dealkylation sites (N-methyl/N-ethyl adjacent to an activating group) is 1. The number of nitrogens with zero attached hydrogens (tertiary/aromatic N) is 5. The van der Waals surface area contributed by atoms with Gasteiger partial charge in [-0.3, -0.25) is 33.8 Å². The summed E-state index contributed by atoms with van der Waals surface area (Å²) in [7, 11) is 0. The van der Waals surface area contributed by atoms with Crippen molar-refractivity contribution >= 4 is 29.8 Å². The van der Waals surface area contributed by atoms with Crippen LogP contribution in [0.5, 0.6) is 0 Å². The fourth-order valence-electron chi connectivity index (χ4n) is 3.33. The van der Waals surface area contributed by atoms with E-state index >= 15 is 0 Å². The molecule has 0 radical (unpaired) electrons. The minimum absolute atomic E-state index is 0. The smallest absolute Gasteiger partial charge is 0.323 e. The topological polar surface area (TPSA) is 182 Å². The Morgan fingerprint density at radius 1 is 0.657 bits per heavy atom. The molecule has 0 unspecified atom stereocenters. The van der Waals surface area contributed by atoms with Crippen molar-refractivity contribution in [3.8, 4) is 0 Å². The predicted molar refractivity (Wildman–Crippen MR) is 118 cm³/mol. The Bertz CT molecular complexity index is 767. The van der Waals surface area contributed by atoms with Gasteiger partial charge in [0.2, 0.25) is 5.91 Å².